The zero-order valence-electron chi connectivity index (χ0n) is 11.3. The Morgan fingerprint density at radius 1 is 1.00 bits per heavy atom. The fraction of sp³-hybridized carbons (Fsp3) is 0.625. The Bertz CT molecular complexity index is 335. The number of benzene rings is 1. The van der Waals surface area contributed by atoms with Gasteiger partial charge in [-0.1, -0.05) is 32.0 Å². The van der Waals surface area contributed by atoms with Gasteiger partial charge < -0.3 is 4.90 Å². The molecule has 1 heteroatoms. The van der Waals surface area contributed by atoms with Gasteiger partial charge in [-0.3, -0.25) is 0 Å². The molecule has 0 bridgehead atoms. The Balaban J connectivity index is 2.25. The number of hydrogen-bond donors (Lipinski definition) is 0. The summed E-state index contributed by atoms with van der Waals surface area (Å²) in [6, 6.07) is 9.04. The number of rotatable bonds is 4. The van der Waals surface area contributed by atoms with Gasteiger partial charge in [0.2, 0.25) is 0 Å². The van der Waals surface area contributed by atoms with Gasteiger partial charge in [-0.15, -0.1) is 0 Å². The third kappa shape index (κ3) is 2.83. The van der Waals surface area contributed by atoms with Crippen LogP contribution in [0.4, 0.5) is 5.69 Å². The van der Waals surface area contributed by atoms with Gasteiger partial charge in [0.1, 0.15) is 0 Å². The van der Waals surface area contributed by atoms with E-state index in [9.17, 15) is 0 Å². The van der Waals surface area contributed by atoms with Crippen LogP contribution in [0.25, 0.3) is 0 Å². The topological polar surface area (TPSA) is 3.24 Å². The molecule has 0 atom stereocenters. The van der Waals surface area contributed by atoms with E-state index in [0.717, 1.165) is 5.92 Å². The molecular formula is C16H25N. The summed E-state index contributed by atoms with van der Waals surface area (Å²) in [5.41, 5.74) is 3.07. The molecule has 0 amide bonds. The fourth-order valence-electron chi connectivity index (χ4n) is 2.98. The predicted octanol–water partition coefficient (Wildman–Crippen LogP) is 4.58. The molecule has 1 fully saturated rings. The third-order valence-corrected chi connectivity index (χ3v) is 4.06. The molecule has 1 aromatic rings. The van der Waals surface area contributed by atoms with Crippen molar-refractivity contribution in [1.82, 2.24) is 0 Å². The van der Waals surface area contributed by atoms with Crippen LogP contribution in [0.15, 0.2) is 24.3 Å². The van der Waals surface area contributed by atoms with Crippen LogP contribution in [-0.4, -0.2) is 13.1 Å². The standard InChI is InChI=1S/C16H25N/c1-3-14(4-2)15-10-6-7-11-16(15)17-12-8-5-9-13-17/h6-7,10-11,14H,3-5,8-9,12-13H2,1-2H3. The SMILES string of the molecule is CCC(CC)c1ccccc1N1CCCCC1. The minimum Gasteiger partial charge on any atom is -0.371 e. The maximum atomic E-state index is 2.59. The first kappa shape index (κ1) is 12.5. The van der Waals surface area contributed by atoms with E-state index in [1.165, 1.54) is 50.9 Å². The maximum Gasteiger partial charge on any atom is 0.0401 e. The van der Waals surface area contributed by atoms with Crippen LogP contribution >= 0.6 is 0 Å². The van der Waals surface area contributed by atoms with E-state index in [-0.39, 0.29) is 0 Å². The van der Waals surface area contributed by atoms with Gasteiger partial charge in [-0.25, -0.2) is 0 Å². The molecule has 1 saturated heterocycles. The zero-order valence-corrected chi connectivity index (χ0v) is 11.3. The lowest BCUT2D eigenvalue weighted by Crippen LogP contribution is -2.30. The molecule has 94 valence electrons. The molecule has 0 radical (unpaired) electrons. The highest BCUT2D eigenvalue weighted by molar-refractivity contribution is 5.55. The van der Waals surface area contributed by atoms with E-state index in [0.29, 0.717) is 0 Å². The molecule has 0 N–H and O–H groups in total. The average Bonchev–Trinajstić information content (AvgIpc) is 2.42. The summed E-state index contributed by atoms with van der Waals surface area (Å²) >= 11 is 0. The second-order valence-electron chi connectivity index (χ2n) is 5.12. The van der Waals surface area contributed by atoms with Gasteiger partial charge in [0.05, 0.1) is 0 Å². The van der Waals surface area contributed by atoms with Crippen LogP contribution in [0, 0.1) is 0 Å². The Labute approximate surface area is 106 Å². The molecule has 1 heterocycles. The molecule has 1 aliphatic heterocycles. The number of nitrogens with zero attached hydrogens (tertiary/aromatic N) is 1. The maximum absolute atomic E-state index is 2.59. The summed E-state index contributed by atoms with van der Waals surface area (Å²) in [6.07, 6.45) is 6.63. The first-order chi connectivity index (χ1) is 8.36. The van der Waals surface area contributed by atoms with Crippen molar-refractivity contribution in [2.45, 2.75) is 51.9 Å². The van der Waals surface area contributed by atoms with Crippen LogP contribution in [0.2, 0.25) is 0 Å². The molecule has 0 unspecified atom stereocenters. The van der Waals surface area contributed by atoms with Gasteiger partial charge >= 0.3 is 0 Å². The molecule has 17 heavy (non-hydrogen) atoms. The zero-order chi connectivity index (χ0) is 12.1. The first-order valence-corrected chi connectivity index (χ1v) is 7.20. The van der Waals surface area contributed by atoms with Crippen molar-refractivity contribution in [1.29, 1.82) is 0 Å². The van der Waals surface area contributed by atoms with Crippen molar-refractivity contribution >= 4 is 5.69 Å². The molecule has 0 spiro atoms. The third-order valence-electron chi connectivity index (χ3n) is 4.06. The molecule has 0 saturated carbocycles. The van der Waals surface area contributed by atoms with E-state index in [2.05, 4.69) is 43.0 Å². The second kappa shape index (κ2) is 6.09. The summed E-state index contributed by atoms with van der Waals surface area (Å²) < 4.78 is 0. The van der Waals surface area contributed by atoms with Crippen molar-refractivity contribution in [2.75, 3.05) is 18.0 Å². The van der Waals surface area contributed by atoms with Crippen molar-refractivity contribution < 1.29 is 0 Å². The van der Waals surface area contributed by atoms with Crippen LogP contribution in [0.3, 0.4) is 0 Å². The molecule has 2 rings (SSSR count). The van der Waals surface area contributed by atoms with E-state index < -0.39 is 0 Å². The Hall–Kier alpha value is -0.980. The smallest absolute Gasteiger partial charge is 0.0401 e. The second-order valence-corrected chi connectivity index (χ2v) is 5.12. The number of para-hydroxylation sites is 1. The van der Waals surface area contributed by atoms with Crippen molar-refractivity contribution in [3.05, 3.63) is 29.8 Å². The summed E-state index contributed by atoms with van der Waals surface area (Å²) in [6.45, 7) is 7.11. The van der Waals surface area contributed by atoms with Crippen LogP contribution in [0.5, 0.6) is 0 Å². The van der Waals surface area contributed by atoms with Gasteiger partial charge in [0.15, 0.2) is 0 Å². The van der Waals surface area contributed by atoms with E-state index >= 15 is 0 Å². The lowest BCUT2D eigenvalue weighted by atomic mass is 9.91. The lowest BCUT2D eigenvalue weighted by molar-refractivity contribution is 0.569. The predicted molar refractivity (Wildman–Crippen MR) is 75.8 cm³/mol. The van der Waals surface area contributed by atoms with Gasteiger partial charge in [-0.2, -0.15) is 0 Å². The van der Waals surface area contributed by atoms with E-state index in [1.807, 2.05) is 0 Å². The van der Waals surface area contributed by atoms with Gasteiger partial charge in [0.25, 0.3) is 0 Å². The highest BCUT2D eigenvalue weighted by Gasteiger charge is 2.17. The van der Waals surface area contributed by atoms with Crippen molar-refractivity contribution in [3.8, 4) is 0 Å². The number of hydrogen-bond acceptors (Lipinski definition) is 1. The molecule has 0 aliphatic carbocycles. The summed E-state index contributed by atoms with van der Waals surface area (Å²) in [4.78, 5) is 2.59. The Kier molecular flexibility index (Phi) is 4.47. The largest absolute Gasteiger partial charge is 0.371 e. The van der Waals surface area contributed by atoms with Crippen molar-refractivity contribution in [3.63, 3.8) is 0 Å². The Morgan fingerprint density at radius 3 is 2.29 bits per heavy atom. The van der Waals surface area contributed by atoms with Crippen LogP contribution < -0.4 is 4.90 Å². The molecule has 1 aromatic carbocycles. The van der Waals surface area contributed by atoms with Crippen LogP contribution in [0.1, 0.15) is 57.4 Å². The lowest BCUT2D eigenvalue weighted by Gasteiger charge is -2.32. The summed E-state index contributed by atoms with van der Waals surface area (Å²) in [5, 5.41) is 0. The van der Waals surface area contributed by atoms with E-state index in [4.69, 9.17) is 0 Å². The fourth-order valence-corrected chi connectivity index (χ4v) is 2.98. The monoisotopic (exact) mass is 231 g/mol. The summed E-state index contributed by atoms with van der Waals surface area (Å²) in [5.74, 6) is 0.730. The molecular weight excluding hydrogens is 206 g/mol. The highest BCUT2D eigenvalue weighted by atomic mass is 15.1. The molecule has 1 nitrogen and oxygen atoms in total. The first-order valence-electron chi connectivity index (χ1n) is 7.20. The number of piperidine rings is 1. The summed E-state index contributed by atoms with van der Waals surface area (Å²) in [7, 11) is 0. The highest BCUT2D eigenvalue weighted by Crippen LogP contribution is 2.33. The van der Waals surface area contributed by atoms with Gasteiger partial charge in [-0.05, 0) is 49.7 Å². The minimum atomic E-state index is 0.730. The minimum absolute atomic E-state index is 0.730. The normalized spacial score (nSPS) is 16.5. The van der Waals surface area contributed by atoms with Crippen molar-refractivity contribution in [2.24, 2.45) is 0 Å². The number of anilines is 1. The molecule has 0 aromatic heterocycles. The van der Waals surface area contributed by atoms with E-state index in [1.54, 1.807) is 5.56 Å². The van der Waals surface area contributed by atoms with Crippen LogP contribution in [-0.2, 0) is 0 Å². The Morgan fingerprint density at radius 2 is 1.65 bits per heavy atom. The average molecular weight is 231 g/mol. The quantitative estimate of drug-likeness (QED) is 0.733. The van der Waals surface area contributed by atoms with Gasteiger partial charge in [0, 0.05) is 18.8 Å². The molecule has 1 aliphatic rings.